The van der Waals surface area contributed by atoms with Crippen LogP contribution in [0.25, 0.3) is 0 Å². The van der Waals surface area contributed by atoms with Crippen molar-refractivity contribution < 1.29 is 14.0 Å². The molecule has 0 radical (unpaired) electrons. The summed E-state index contributed by atoms with van der Waals surface area (Å²) in [5.74, 6) is -1.03. The first-order valence-electron chi connectivity index (χ1n) is 7.63. The minimum Gasteiger partial charge on any atom is -0.337 e. The number of nitrogens with one attached hydrogen (secondary N) is 1. The Kier molecular flexibility index (Phi) is 5.16. The van der Waals surface area contributed by atoms with Crippen LogP contribution in [0.1, 0.15) is 22.5 Å². The molecule has 2 aromatic rings. The van der Waals surface area contributed by atoms with Crippen LogP contribution < -0.4 is 5.32 Å². The molecule has 1 saturated heterocycles. The van der Waals surface area contributed by atoms with E-state index >= 15 is 0 Å². The van der Waals surface area contributed by atoms with Crippen LogP contribution in [0.15, 0.2) is 35.7 Å². The molecular weight excluding hydrogens is 351 g/mol. The Bertz CT molecular complexity index is 751. The van der Waals surface area contributed by atoms with Gasteiger partial charge in [0.15, 0.2) is 0 Å². The monoisotopic (exact) mass is 366 g/mol. The molecule has 0 spiro atoms. The van der Waals surface area contributed by atoms with Gasteiger partial charge in [0.1, 0.15) is 5.82 Å². The van der Waals surface area contributed by atoms with Gasteiger partial charge in [-0.1, -0.05) is 17.7 Å². The van der Waals surface area contributed by atoms with Gasteiger partial charge in [0, 0.05) is 18.8 Å². The Morgan fingerprint density at radius 3 is 2.88 bits per heavy atom. The first-order chi connectivity index (χ1) is 11.5. The van der Waals surface area contributed by atoms with Crippen molar-refractivity contribution in [3.8, 4) is 0 Å². The molecule has 1 aliphatic rings. The number of carbonyl (C=O) groups excluding carboxylic acids is 2. The molecule has 0 bridgehead atoms. The smallest absolute Gasteiger partial charge is 0.263 e. The van der Waals surface area contributed by atoms with E-state index in [0.717, 1.165) is 12.8 Å². The van der Waals surface area contributed by atoms with Gasteiger partial charge in [0.25, 0.3) is 5.91 Å². The maximum atomic E-state index is 13.2. The Morgan fingerprint density at radius 2 is 2.17 bits per heavy atom. The van der Waals surface area contributed by atoms with Crippen LogP contribution in [-0.2, 0) is 4.79 Å². The molecule has 1 fully saturated rings. The van der Waals surface area contributed by atoms with Crippen LogP contribution in [0, 0.1) is 11.7 Å². The molecule has 1 N–H and O–H groups in total. The lowest BCUT2D eigenvalue weighted by Gasteiger charge is -2.31. The third-order valence-corrected chi connectivity index (χ3v) is 5.15. The van der Waals surface area contributed by atoms with Gasteiger partial charge in [0.2, 0.25) is 5.91 Å². The number of amides is 2. The van der Waals surface area contributed by atoms with Crippen LogP contribution in [0.4, 0.5) is 10.1 Å². The van der Waals surface area contributed by atoms with Gasteiger partial charge in [-0.3, -0.25) is 9.59 Å². The number of carbonyl (C=O) groups is 2. The number of benzene rings is 1. The van der Waals surface area contributed by atoms with Crippen LogP contribution in [0.3, 0.4) is 0 Å². The molecule has 2 amide bonds. The van der Waals surface area contributed by atoms with E-state index < -0.39 is 5.82 Å². The first-order valence-corrected chi connectivity index (χ1v) is 8.89. The molecule has 1 atom stereocenters. The standard InChI is InChI=1S/C17H16ClFN2O2S/c18-13-9-12(5-6-14(13)19)20-16(22)11-3-1-7-21(10-11)17(23)15-4-2-8-24-15/h2,4-6,8-9,11H,1,3,7,10H2,(H,20,22)/t11-/m1/s1. The molecule has 1 aliphatic heterocycles. The van der Waals surface area contributed by atoms with Gasteiger partial charge < -0.3 is 10.2 Å². The average molecular weight is 367 g/mol. The summed E-state index contributed by atoms with van der Waals surface area (Å²) in [6, 6.07) is 7.69. The minimum absolute atomic E-state index is 0.0349. The van der Waals surface area contributed by atoms with Crippen LogP contribution >= 0.6 is 22.9 Å². The topological polar surface area (TPSA) is 49.4 Å². The molecule has 126 valence electrons. The predicted octanol–water partition coefficient (Wildman–Crippen LogP) is 4.03. The highest BCUT2D eigenvalue weighted by Gasteiger charge is 2.29. The summed E-state index contributed by atoms with van der Waals surface area (Å²) in [6.07, 6.45) is 1.49. The van der Waals surface area contributed by atoms with E-state index in [1.807, 2.05) is 11.4 Å². The average Bonchev–Trinajstić information content (AvgIpc) is 3.12. The fourth-order valence-corrected chi connectivity index (χ4v) is 3.62. The number of hydrogen-bond donors (Lipinski definition) is 1. The molecule has 2 heterocycles. The molecule has 0 saturated carbocycles. The maximum Gasteiger partial charge on any atom is 0.263 e. The highest BCUT2D eigenvalue weighted by molar-refractivity contribution is 7.12. The second kappa shape index (κ2) is 7.32. The van der Waals surface area contributed by atoms with Crippen LogP contribution in [-0.4, -0.2) is 29.8 Å². The van der Waals surface area contributed by atoms with E-state index in [1.165, 1.54) is 29.5 Å². The maximum absolute atomic E-state index is 13.2. The summed E-state index contributed by atoms with van der Waals surface area (Å²) in [7, 11) is 0. The largest absolute Gasteiger partial charge is 0.337 e. The van der Waals surface area contributed by atoms with Crippen LogP contribution in [0.2, 0.25) is 5.02 Å². The summed E-state index contributed by atoms with van der Waals surface area (Å²) in [4.78, 5) is 27.3. The molecule has 0 aliphatic carbocycles. The van der Waals surface area contributed by atoms with E-state index in [4.69, 9.17) is 11.6 Å². The zero-order valence-corrected chi connectivity index (χ0v) is 14.4. The third kappa shape index (κ3) is 3.76. The molecule has 7 heteroatoms. The first kappa shape index (κ1) is 16.9. The van der Waals surface area contributed by atoms with E-state index in [9.17, 15) is 14.0 Å². The van der Waals surface area contributed by atoms with Crippen molar-refractivity contribution in [2.45, 2.75) is 12.8 Å². The van der Waals surface area contributed by atoms with Gasteiger partial charge in [-0.05, 0) is 42.5 Å². The minimum atomic E-state index is -0.528. The lowest BCUT2D eigenvalue weighted by molar-refractivity contribution is -0.121. The van der Waals surface area contributed by atoms with Gasteiger partial charge in [-0.15, -0.1) is 11.3 Å². The molecule has 1 aromatic carbocycles. The predicted molar refractivity (Wildman–Crippen MR) is 93.0 cm³/mol. The number of anilines is 1. The lowest BCUT2D eigenvalue weighted by Crippen LogP contribution is -2.43. The Hall–Kier alpha value is -1.92. The van der Waals surface area contributed by atoms with Crippen molar-refractivity contribution in [2.75, 3.05) is 18.4 Å². The highest BCUT2D eigenvalue weighted by Crippen LogP contribution is 2.23. The lowest BCUT2D eigenvalue weighted by atomic mass is 9.97. The van der Waals surface area contributed by atoms with Crippen molar-refractivity contribution in [3.05, 3.63) is 51.4 Å². The van der Waals surface area contributed by atoms with E-state index in [2.05, 4.69) is 5.32 Å². The Labute approximate surface area is 148 Å². The van der Waals surface area contributed by atoms with Crippen molar-refractivity contribution in [1.29, 1.82) is 0 Å². The summed E-state index contributed by atoms with van der Waals surface area (Å²) < 4.78 is 13.2. The van der Waals surface area contributed by atoms with Crippen molar-refractivity contribution in [1.82, 2.24) is 4.90 Å². The fourth-order valence-electron chi connectivity index (χ4n) is 2.75. The highest BCUT2D eigenvalue weighted by atomic mass is 35.5. The number of likely N-dealkylation sites (tertiary alicyclic amines) is 1. The molecular formula is C17H16ClFN2O2S. The van der Waals surface area contributed by atoms with E-state index in [0.29, 0.717) is 23.7 Å². The second-order valence-corrected chi connectivity index (χ2v) is 7.04. The van der Waals surface area contributed by atoms with E-state index in [-0.39, 0.29) is 22.8 Å². The summed E-state index contributed by atoms with van der Waals surface area (Å²) in [5, 5.41) is 4.57. The number of rotatable bonds is 3. The van der Waals surface area contributed by atoms with Crippen molar-refractivity contribution in [2.24, 2.45) is 5.92 Å². The fraction of sp³-hybridized carbons (Fsp3) is 0.294. The molecule has 0 unspecified atom stereocenters. The molecule has 1 aromatic heterocycles. The van der Waals surface area contributed by atoms with Crippen molar-refractivity contribution in [3.63, 3.8) is 0 Å². The van der Waals surface area contributed by atoms with E-state index in [1.54, 1.807) is 11.0 Å². The Balaban J connectivity index is 1.64. The third-order valence-electron chi connectivity index (χ3n) is 4.00. The second-order valence-electron chi connectivity index (χ2n) is 5.69. The van der Waals surface area contributed by atoms with Crippen molar-refractivity contribution >= 4 is 40.4 Å². The number of halogens is 2. The number of piperidine rings is 1. The summed E-state index contributed by atoms with van der Waals surface area (Å²) in [6.45, 7) is 1.04. The van der Waals surface area contributed by atoms with Gasteiger partial charge in [-0.25, -0.2) is 4.39 Å². The zero-order chi connectivity index (χ0) is 17.1. The zero-order valence-electron chi connectivity index (χ0n) is 12.8. The Morgan fingerprint density at radius 1 is 1.33 bits per heavy atom. The molecule has 3 rings (SSSR count). The molecule has 24 heavy (non-hydrogen) atoms. The number of hydrogen-bond acceptors (Lipinski definition) is 3. The van der Waals surface area contributed by atoms with Crippen LogP contribution in [0.5, 0.6) is 0 Å². The quantitative estimate of drug-likeness (QED) is 0.891. The SMILES string of the molecule is O=C(Nc1ccc(F)c(Cl)c1)[C@@H]1CCCN(C(=O)c2cccs2)C1. The van der Waals surface area contributed by atoms with Gasteiger partial charge in [0.05, 0.1) is 15.8 Å². The summed E-state index contributed by atoms with van der Waals surface area (Å²) >= 11 is 7.12. The normalized spacial score (nSPS) is 17.6. The van der Waals surface area contributed by atoms with Gasteiger partial charge >= 0.3 is 0 Å². The molecule has 4 nitrogen and oxygen atoms in total. The number of thiophene rings is 1. The summed E-state index contributed by atoms with van der Waals surface area (Å²) in [5.41, 5.74) is 0.452. The number of nitrogens with zero attached hydrogens (tertiary/aromatic N) is 1. The van der Waals surface area contributed by atoms with Gasteiger partial charge in [-0.2, -0.15) is 0 Å².